The van der Waals surface area contributed by atoms with Crippen molar-refractivity contribution < 1.29 is 4.92 Å². The zero-order chi connectivity index (χ0) is 17.6. The summed E-state index contributed by atoms with van der Waals surface area (Å²) < 4.78 is 0. The molecule has 4 rings (SSSR count). The largest absolute Gasteiger partial charge is 0.298 e. The average Bonchev–Trinajstić information content (AvgIpc) is 3.01. The van der Waals surface area contributed by atoms with Gasteiger partial charge in [-0.05, 0) is 13.0 Å². The van der Waals surface area contributed by atoms with Crippen LogP contribution in [0.4, 0.5) is 5.69 Å². The average molecular weight is 352 g/mol. The van der Waals surface area contributed by atoms with E-state index in [9.17, 15) is 10.1 Å². The first-order valence-corrected chi connectivity index (χ1v) is 7.75. The molecule has 7 nitrogen and oxygen atoms in total. The second-order valence-corrected chi connectivity index (χ2v) is 5.90. The monoisotopic (exact) mass is 351 g/mol. The number of nitro benzene ring substituents is 1. The van der Waals surface area contributed by atoms with Gasteiger partial charge in [0.25, 0.3) is 5.69 Å². The van der Waals surface area contributed by atoms with Crippen molar-refractivity contribution in [2.45, 2.75) is 6.92 Å². The highest BCUT2D eigenvalue weighted by Gasteiger charge is 2.21. The van der Waals surface area contributed by atoms with Crippen LogP contribution in [-0.4, -0.2) is 25.1 Å². The van der Waals surface area contributed by atoms with E-state index >= 15 is 0 Å². The van der Waals surface area contributed by atoms with E-state index in [-0.39, 0.29) is 11.2 Å². The number of nitro groups is 1. The molecule has 122 valence electrons. The summed E-state index contributed by atoms with van der Waals surface area (Å²) in [5, 5.41) is 20.7. The topological polar surface area (TPSA) is 94.7 Å². The number of aromatic nitrogens is 4. The molecule has 2 heterocycles. The van der Waals surface area contributed by atoms with Crippen molar-refractivity contribution in [3.8, 4) is 11.3 Å². The molecule has 0 N–H and O–H groups in total. The Labute approximate surface area is 146 Å². The number of aryl methyl sites for hydroxylation is 1. The smallest absolute Gasteiger partial charge is 0.258 e. The molecule has 0 radical (unpaired) electrons. The lowest BCUT2D eigenvalue weighted by atomic mass is 10.0. The van der Waals surface area contributed by atoms with E-state index < -0.39 is 4.92 Å². The van der Waals surface area contributed by atoms with E-state index in [0.717, 1.165) is 0 Å². The third-order valence-corrected chi connectivity index (χ3v) is 4.21. The summed E-state index contributed by atoms with van der Waals surface area (Å²) in [6, 6.07) is 8.65. The summed E-state index contributed by atoms with van der Waals surface area (Å²) in [5.41, 5.74) is 2.48. The number of hydrogen-bond donors (Lipinski definition) is 0. The summed E-state index contributed by atoms with van der Waals surface area (Å²) in [5.74, 6) is 0. The molecule has 2 aromatic heterocycles. The van der Waals surface area contributed by atoms with Gasteiger partial charge in [0, 0.05) is 28.2 Å². The number of rotatable bonds is 2. The van der Waals surface area contributed by atoms with E-state index in [1.165, 1.54) is 12.3 Å². The first-order chi connectivity index (χ1) is 12.1. The van der Waals surface area contributed by atoms with Crippen LogP contribution in [0.5, 0.6) is 0 Å². The standard InChI is InChI=1S/C17H10ClN5O2/c1-9-7-19-15-11(16(21-9)10-4-2-3-5-13(10)18)6-14(23(24)25)17-12(15)8-20-22-17/h2-8H,1H3. The van der Waals surface area contributed by atoms with Gasteiger partial charge in [-0.2, -0.15) is 5.10 Å². The molecule has 2 aromatic carbocycles. The maximum absolute atomic E-state index is 11.5. The summed E-state index contributed by atoms with van der Waals surface area (Å²) in [4.78, 5) is 20.0. The summed E-state index contributed by atoms with van der Waals surface area (Å²) in [7, 11) is 0. The lowest BCUT2D eigenvalue weighted by Gasteiger charge is -2.05. The number of non-ortho nitro benzene ring substituents is 1. The van der Waals surface area contributed by atoms with E-state index in [2.05, 4.69) is 20.2 Å². The maximum atomic E-state index is 11.5. The van der Waals surface area contributed by atoms with Crippen molar-refractivity contribution in [1.82, 2.24) is 20.2 Å². The first kappa shape index (κ1) is 15.3. The molecular formula is C17H10ClN5O2. The fourth-order valence-corrected chi connectivity index (χ4v) is 3.01. The molecule has 0 saturated carbocycles. The van der Waals surface area contributed by atoms with Gasteiger partial charge in [0.15, 0.2) is 5.52 Å². The van der Waals surface area contributed by atoms with Crippen molar-refractivity contribution in [3.05, 3.63) is 63.6 Å². The zero-order valence-electron chi connectivity index (χ0n) is 13.0. The Morgan fingerprint density at radius 1 is 1.12 bits per heavy atom. The molecule has 0 atom stereocenters. The van der Waals surface area contributed by atoms with Crippen molar-refractivity contribution in [2.24, 2.45) is 0 Å². The molecular weight excluding hydrogens is 342 g/mol. The van der Waals surface area contributed by atoms with Gasteiger partial charge < -0.3 is 0 Å². The van der Waals surface area contributed by atoms with Gasteiger partial charge in [0.2, 0.25) is 0 Å². The van der Waals surface area contributed by atoms with E-state index in [1.807, 2.05) is 18.2 Å². The van der Waals surface area contributed by atoms with Crippen molar-refractivity contribution in [1.29, 1.82) is 0 Å². The fraction of sp³-hybridized carbons (Fsp3) is 0.0588. The Balaban J connectivity index is 2.25. The van der Waals surface area contributed by atoms with Crippen LogP contribution in [0.1, 0.15) is 5.69 Å². The Bertz CT molecular complexity index is 1160. The van der Waals surface area contributed by atoms with Gasteiger partial charge in [-0.15, -0.1) is 5.10 Å². The molecule has 0 bridgehead atoms. The Hall–Kier alpha value is -3.19. The quantitative estimate of drug-likeness (QED) is 0.398. The minimum Gasteiger partial charge on any atom is -0.258 e. The minimum absolute atomic E-state index is 0.138. The van der Waals surface area contributed by atoms with Crippen LogP contribution in [0, 0.1) is 17.0 Å². The first-order valence-electron chi connectivity index (χ1n) is 7.37. The summed E-state index contributed by atoms with van der Waals surface area (Å²) in [6.07, 6.45) is 3.09. The van der Waals surface area contributed by atoms with Crippen LogP contribution in [0.3, 0.4) is 0 Å². The number of hydrogen-bond acceptors (Lipinski definition) is 6. The number of benzene rings is 2. The van der Waals surface area contributed by atoms with Crippen molar-refractivity contribution >= 4 is 39.1 Å². The molecule has 25 heavy (non-hydrogen) atoms. The highest BCUT2D eigenvalue weighted by Crippen LogP contribution is 2.36. The predicted octanol–water partition coefficient (Wildman–Crippen LogP) is 4.11. The van der Waals surface area contributed by atoms with Gasteiger partial charge in [0.1, 0.15) is 0 Å². The van der Waals surface area contributed by atoms with E-state index in [4.69, 9.17) is 11.6 Å². The highest BCUT2D eigenvalue weighted by molar-refractivity contribution is 6.33. The predicted molar refractivity (Wildman–Crippen MR) is 94.5 cm³/mol. The molecule has 0 amide bonds. The normalized spacial score (nSPS) is 11.1. The number of nitrogens with zero attached hydrogens (tertiary/aromatic N) is 5. The van der Waals surface area contributed by atoms with Gasteiger partial charge in [-0.3, -0.25) is 20.1 Å². The van der Waals surface area contributed by atoms with Gasteiger partial charge >= 0.3 is 0 Å². The second-order valence-electron chi connectivity index (χ2n) is 5.50. The second kappa shape index (κ2) is 5.71. The minimum atomic E-state index is -0.479. The third-order valence-electron chi connectivity index (χ3n) is 3.88. The molecule has 0 aliphatic rings. The zero-order valence-corrected chi connectivity index (χ0v) is 13.7. The fourth-order valence-electron chi connectivity index (χ4n) is 2.78. The lowest BCUT2D eigenvalue weighted by Crippen LogP contribution is -1.92. The van der Waals surface area contributed by atoms with Gasteiger partial charge in [0.05, 0.1) is 33.4 Å². The summed E-state index contributed by atoms with van der Waals surface area (Å²) in [6.45, 7) is 1.80. The lowest BCUT2D eigenvalue weighted by molar-refractivity contribution is -0.383. The molecule has 8 heteroatoms. The highest BCUT2D eigenvalue weighted by atomic mass is 35.5. The molecule has 0 unspecified atom stereocenters. The maximum Gasteiger partial charge on any atom is 0.298 e. The molecule has 0 aliphatic heterocycles. The van der Waals surface area contributed by atoms with Crippen LogP contribution in [0.25, 0.3) is 33.1 Å². The molecule has 0 fully saturated rings. The SMILES string of the molecule is Cc1cnc2c(cc([N+](=O)[O-])c3nncc32)c(-c2ccccc2Cl)n1. The van der Waals surface area contributed by atoms with Crippen LogP contribution >= 0.6 is 11.6 Å². The van der Waals surface area contributed by atoms with Crippen molar-refractivity contribution in [3.63, 3.8) is 0 Å². The molecule has 0 spiro atoms. The molecule has 0 aliphatic carbocycles. The Morgan fingerprint density at radius 2 is 1.92 bits per heavy atom. The van der Waals surface area contributed by atoms with E-state index in [0.29, 0.717) is 38.3 Å². The molecule has 4 aromatic rings. The number of fused-ring (bicyclic) bond motifs is 3. The van der Waals surface area contributed by atoms with Crippen LogP contribution in [0.2, 0.25) is 5.02 Å². The van der Waals surface area contributed by atoms with Crippen LogP contribution < -0.4 is 0 Å². The van der Waals surface area contributed by atoms with E-state index in [1.54, 1.807) is 19.2 Å². The van der Waals surface area contributed by atoms with Crippen LogP contribution in [0.15, 0.2) is 42.7 Å². The third kappa shape index (κ3) is 2.45. The van der Waals surface area contributed by atoms with Gasteiger partial charge in [-0.25, -0.2) is 0 Å². The number of halogens is 1. The van der Waals surface area contributed by atoms with Crippen molar-refractivity contribution in [2.75, 3.05) is 0 Å². The molecule has 0 saturated heterocycles. The Morgan fingerprint density at radius 3 is 2.68 bits per heavy atom. The summed E-state index contributed by atoms with van der Waals surface area (Å²) >= 11 is 6.34. The van der Waals surface area contributed by atoms with Gasteiger partial charge in [-0.1, -0.05) is 29.8 Å². The van der Waals surface area contributed by atoms with Crippen LogP contribution in [-0.2, 0) is 0 Å². The Kier molecular flexibility index (Phi) is 3.51.